The molecule has 2 rings (SSSR count). The molecule has 0 saturated heterocycles. The first-order valence-corrected chi connectivity index (χ1v) is 7.39. The molecule has 0 atom stereocenters. The van der Waals surface area contributed by atoms with Gasteiger partial charge in [-0.15, -0.1) is 0 Å². The molecule has 0 aliphatic rings. The van der Waals surface area contributed by atoms with E-state index in [-0.39, 0.29) is 0 Å². The molecule has 0 aliphatic carbocycles. The first-order chi connectivity index (χ1) is 9.50. The highest BCUT2D eigenvalue weighted by Gasteiger charge is 2.13. The van der Waals surface area contributed by atoms with Crippen LogP contribution in [-0.4, -0.2) is 16.3 Å². The van der Waals surface area contributed by atoms with Gasteiger partial charge in [-0.1, -0.05) is 43.6 Å². The molecule has 0 bridgehead atoms. The van der Waals surface area contributed by atoms with Crippen LogP contribution in [0.3, 0.4) is 0 Å². The Kier molecular flexibility index (Phi) is 4.84. The molecule has 0 fully saturated rings. The molecule has 108 valence electrons. The third-order valence-corrected chi connectivity index (χ3v) is 3.84. The lowest BCUT2D eigenvalue weighted by molar-refractivity contribution is 0.551. The van der Waals surface area contributed by atoms with E-state index in [2.05, 4.69) is 42.5 Å². The highest BCUT2D eigenvalue weighted by atomic mass is 35.5. The Morgan fingerprint density at radius 3 is 2.55 bits per heavy atom. The Morgan fingerprint density at radius 1 is 1.25 bits per heavy atom. The molecule has 0 saturated carbocycles. The fraction of sp³-hybridized carbons (Fsp3) is 0.438. The number of hydrogen-bond acceptors (Lipinski definition) is 2. The van der Waals surface area contributed by atoms with Gasteiger partial charge in [0.15, 0.2) is 0 Å². The van der Waals surface area contributed by atoms with Crippen LogP contribution in [0, 0.1) is 19.8 Å². The Bertz CT molecular complexity index is 587. The normalized spacial score (nSPS) is 11.3. The summed E-state index contributed by atoms with van der Waals surface area (Å²) in [6.45, 7) is 10.2. The van der Waals surface area contributed by atoms with E-state index in [9.17, 15) is 0 Å². The summed E-state index contributed by atoms with van der Waals surface area (Å²) in [5.41, 5.74) is 4.18. The van der Waals surface area contributed by atoms with Gasteiger partial charge >= 0.3 is 0 Å². The molecule has 0 amide bonds. The van der Waals surface area contributed by atoms with Crippen LogP contribution in [0.5, 0.6) is 0 Å². The number of benzene rings is 1. The molecule has 20 heavy (non-hydrogen) atoms. The third kappa shape index (κ3) is 3.22. The molecule has 2 aromatic rings. The average molecular weight is 292 g/mol. The number of rotatable bonds is 5. The van der Waals surface area contributed by atoms with E-state index < -0.39 is 0 Å². The molecule has 0 spiro atoms. The lowest BCUT2D eigenvalue weighted by Crippen LogP contribution is -2.20. The standard InChI is InChI=1S/C16H22ClN3/c1-11(2)9-18-10-14-7-5-6-8-15(14)20-13(4)16(17)12(3)19-20/h5-8,11,18H,9-10H2,1-4H3. The summed E-state index contributed by atoms with van der Waals surface area (Å²) in [6.07, 6.45) is 0. The molecular formula is C16H22ClN3. The maximum Gasteiger partial charge on any atom is 0.0848 e. The van der Waals surface area contributed by atoms with Crippen LogP contribution in [0.15, 0.2) is 24.3 Å². The van der Waals surface area contributed by atoms with Crippen molar-refractivity contribution in [3.63, 3.8) is 0 Å². The molecule has 4 heteroatoms. The average Bonchev–Trinajstić information content (AvgIpc) is 2.67. The van der Waals surface area contributed by atoms with Crippen LogP contribution >= 0.6 is 11.6 Å². The van der Waals surface area contributed by atoms with Gasteiger partial charge in [-0.2, -0.15) is 5.10 Å². The number of para-hydroxylation sites is 1. The van der Waals surface area contributed by atoms with Gasteiger partial charge in [-0.3, -0.25) is 0 Å². The highest BCUT2D eigenvalue weighted by molar-refractivity contribution is 6.31. The van der Waals surface area contributed by atoms with Crippen molar-refractivity contribution in [2.24, 2.45) is 5.92 Å². The van der Waals surface area contributed by atoms with Crippen molar-refractivity contribution >= 4 is 11.6 Å². The van der Waals surface area contributed by atoms with Crippen LogP contribution < -0.4 is 5.32 Å². The van der Waals surface area contributed by atoms with Crippen LogP contribution in [0.25, 0.3) is 5.69 Å². The fourth-order valence-electron chi connectivity index (χ4n) is 2.22. The van der Waals surface area contributed by atoms with Gasteiger partial charge in [-0.25, -0.2) is 4.68 Å². The number of halogens is 1. The largest absolute Gasteiger partial charge is 0.312 e. The van der Waals surface area contributed by atoms with Crippen molar-refractivity contribution in [1.82, 2.24) is 15.1 Å². The number of hydrogen-bond donors (Lipinski definition) is 1. The van der Waals surface area contributed by atoms with Crippen molar-refractivity contribution in [3.05, 3.63) is 46.2 Å². The van der Waals surface area contributed by atoms with E-state index in [1.165, 1.54) is 5.56 Å². The molecule has 0 radical (unpaired) electrons. The summed E-state index contributed by atoms with van der Waals surface area (Å²) >= 11 is 6.25. The molecule has 1 aromatic carbocycles. The second-order valence-electron chi connectivity index (χ2n) is 5.55. The molecule has 3 nitrogen and oxygen atoms in total. The minimum atomic E-state index is 0.644. The summed E-state index contributed by atoms with van der Waals surface area (Å²) in [6, 6.07) is 8.31. The Labute approximate surface area is 126 Å². The Morgan fingerprint density at radius 2 is 1.95 bits per heavy atom. The molecule has 1 heterocycles. The SMILES string of the molecule is Cc1nn(-c2ccccc2CNCC(C)C)c(C)c1Cl. The highest BCUT2D eigenvalue weighted by Crippen LogP contribution is 2.24. The first-order valence-electron chi connectivity index (χ1n) is 7.01. The number of nitrogens with one attached hydrogen (secondary N) is 1. The monoisotopic (exact) mass is 291 g/mol. The first kappa shape index (κ1) is 15.1. The van der Waals surface area contributed by atoms with E-state index in [1.807, 2.05) is 24.6 Å². The Hall–Kier alpha value is -1.32. The van der Waals surface area contributed by atoms with Crippen molar-refractivity contribution < 1.29 is 0 Å². The number of nitrogens with zero attached hydrogens (tertiary/aromatic N) is 2. The zero-order valence-electron chi connectivity index (χ0n) is 12.6. The van der Waals surface area contributed by atoms with Crippen molar-refractivity contribution in [3.8, 4) is 5.69 Å². The molecular weight excluding hydrogens is 270 g/mol. The predicted molar refractivity (Wildman–Crippen MR) is 84.6 cm³/mol. The maximum atomic E-state index is 6.25. The molecule has 1 N–H and O–H groups in total. The van der Waals surface area contributed by atoms with E-state index in [4.69, 9.17) is 11.6 Å². The number of aromatic nitrogens is 2. The molecule has 0 unspecified atom stereocenters. The topological polar surface area (TPSA) is 29.9 Å². The lowest BCUT2D eigenvalue weighted by Gasteiger charge is -2.13. The van der Waals surface area contributed by atoms with Gasteiger partial charge in [-0.05, 0) is 37.9 Å². The van der Waals surface area contributed by atoms with Crippen molar-refractivity contribution in [1.29, 1.82) is 0 Å². The van der Waals surface area contributed by atoms with Crippen LogP contribution in [-0.2, 0) is 6.54 Å². The number of aryl methyl sites for hydroxylation is 1. The fourth-order valence-corrected chi connectivity index (χ4v) is 2.34. The van der Waals surface area contributed by atoms with Gasteiger partial charge in [0, 0.05) is 6.54 Å². The zero-order valence-corrected chi connectivity index (χ0v) is 13.3. The lowest BCUT2D eigenvalue weighted by atomic mass is 10.1. The van der Waals surface area contributed by atoms with Gasteiger partial charge < -0.3 is 5.32 Å². The summed E-state index contributed by atoms with van der Waals surface area (Å²) in [4.78, 5) is 0. The van der Waals surface area contributed by atoms with E-state index in [0.717, 1.165) is 35.2 Å². The van der Waals surface area contributed by atoms with Crippen LogP contribution in [0.1, 0.15) is 30.8 Å². The minimum Gasteiger partial charge on any atom is -0.312 e. The van der Waals surface area contributed by atoms with Gasteiger partial charge in [0.25, 0.3) is 0 Å². The summed E-state index contributed by atoms with van der Waals surface area (Å²) in [7, 11) is 0. The second kappa shape index (κ2) is 6.42. The Balaban J connectivity index is 2.29. The summed E-state index contributed by atoms with van der Waals surface area (Å²) < 4.78 is 1.93. The third-order valence-electron chi connectivity index (χ3n) is 3.29. The van der Waals surface area contributed by atoms with Gasteiger partial charge in [0.2, 0.25) is 0 Å². The van der Waals surface area contributed by atoms with E-state index >= 15 is 0 Å². The van der Waals surface area contributed by atoms with E-state index in [0.29, 0.717) is 5.92 Å². The quantitative estimate of drug-likeness (QED) is 0.906. The maximum absolute atomic E-state index is 6.25. The minimum absolute atomic E-state index is 0.644. The molecule has 0 aliphatic heterocycles. The smallest absolute Gasteiger partial charge is 0.0848 e. The van der Waals surface area contributed by atoms with Crippen molar-refractivity contribution in [2.75, 3.05) is 6.54 Å². The van der Waals surface area contributed by atoms with Gasteiger partial charge in [0.05, 0.1) is 22.1 Å². The van der Waals surface area contributed by atoms with Crippen LogP contribution in [0.4, 0.5) is 0 Å². The van der Waals surface area contributed by atoms with Crippen molar-refractivity contribution in [2.45, 2.75) is 34.2 Å². The molecule has 1 aromatic heterocycles. The summed E-state index contributed by atoms with van der Waals surface area (Å²) in [5, 5.41) is 8.76. The van der Waals surface area contributed by atoms with Gasteiger partial charge in [0.1, 0.15) is 0 Å². The second-order valence-corrected chi connectivity index (χ2v) is 5.93. The zero-order chi connectivity index (χ0) is 14.7. The van der Waals surface area contributed by atoms with E-state index in [1.54, 1.807) is 0 Å². The summed E-state index contributed by atoms with van der Waals surface area (Å²) in [5.74, 6) is 0.644. The van der Waals surface area contributed by atoms with Crippen LogP contribution in [0.2, 0.25) is 5.02 Å². The predicted octanol–water partition coefficient (Wildman–Crippen LogP) is 3.89.